The van der Waals surface area contributed by atoms with Gasteiger partial charge < -0.3 is 10.2 Å². The van der Waals surface area contributed by atoms with E-state index in [1.807, 2.05) is 37.3 Å². The lowest BCUT2D eigenvalue weighted by atomic mass is 9.87. The van der Waals surface area contributed by atoms with E-state index in [4.69, 9.17) is 16.6 Å². The van der Waals surface area contributed by atoms with Gasteiger partial charge in [0.15, 0.2) is 0 Å². The van der Waals surface area contributed by atoms with Crippen molar-refractivity contribution in [2.75, 3.05) is 18.4 Å². The number of nitrogens with one attached hydrogen (secondary N) is 1. The van der Waals surface area contributed by atoms with Crippen LogP contribution in [-0.2, 0) is 4.79 Å². The molecule has 5 nitrogen and oxygen atoms in total. The molecule has 1 aliphatic carbocycles. The molecular formula is C24H27ClN4OS. The van der Waals surface area contributed by atoms with E-state index >= 15 is 0 Å². The summed E-state index contributed by atoms with van der Waals surface area (Å²) in [7, 11) is 0. The van der Waals surface area contributed by atoms with Crippen LogP contribution in [0.1, 0.15) is 43.4 Å². The molecule has 1 amide bonds. The van der Waals surface area contributed by atoms with E-state index < -0.39 is 0 Å². The number of benzene rings is 1. The lowest BCUT2D eigenvalue weighted by Crippen LogP contribution is -2.53. The highest BCUT2D eigenvalue weighted by Gasteiger charge is 2.50. The van der Waals surface area contributed by atoms with Gasteiger partial charge in [0.25, 0.3) is 0 Å². The number of rotatable bonds is 5. The zero-order chi connectivity index (χ0) is 21.4. The van der Waals surface area contributed by atoms with E-state index in [0.717, 1.165) is 30.2 Å². The van der Waals surface area contributed by atoms with Crippen LogP contribution < -0.4 is 5.32 Å². The first-order valence-corrected chi connectivity index (χ1v) is 12.2. The number of halogens is 1. The summed E-state index contributed by atoms with van der Waals surface area (Å²) in [6.07, 6.45) is 6.38. The molecule has 1 saturated carbocycles. The molecule has 0 radical (unpaired) electrons. The lowest BCUT2D eigenvalue weighted by molar-refractivity contribution is -0.136. The molecule has 2 fully saturated rings. The van der Waals surface area contributed by atoms with Gasteiger partial charge in [-0.2, -0.15) is 0 Å². The van der Waals surface area contributed by atoms with Gasteiger partial charge in [0.1, 0.15) is 11.9 Å². The molecule has 0 bridgehead atoms. The van der Waals surface area contributed by atoms with E-state index in [9.17, 15) is 4.79 Å². The molecule has 2 aliphatic heterocycles. The number of hydrogen-bond donors (Lipinski definition) is 1. The first-order valence-electron chi connectivity index (χ1n) is 10.9. The Morgan fingerprint density at radius 2 is 2.03 bits per heavy atom. The third kappa shape index (κ3) is 4.46. The predicted octanol–water partition coefficient (Wildman–Crippen LogP) is 5.19. The highest BCUT2D eigenvalue weighted by Crippen LogP contribution is 2.55. The van der Waals surface area contributed by atoms with Gasteiger partial charge in [0.05, 0.1) is 15.3 Å². The van der Waals surface area contributed by atoms with E-state index in [1.165, 1.54) is 18.4 Å². The topological polar surface area (TPSA) is 57.6 Å². The number of likely N-dealkylation sites (tertiary alicyclic amines) is 1. The molecule has 3 aliphatic rings. The van der Waals surface area contributed by atoms with Crippen LogP contribution in [0.2, 0.25) is 5.02 Å². The van der Waals surface area contributed by atoms with Crippen molar-refractivity contribution in [1.82, 2.24) is 9.88 Å². The molecule has 2 aromatic rings. The molecule has 1 saturated heterocycles. The molecule has 31 heavy (non-hydrogen) atoms. The number of piperidine rings is 1. The summed E-state index contributed by atoms with van der Waals surface area (Å²) < 4.78 is 0. The van der Waals surface area contributed by atoms with Gasteiger partial charge in [-0.05, 0) is 55.7 Å². The summed E-state index contributed by atoms with van der Waals surface area (Å²) in [6, 6.07) is 13.8. The maximum absolute atomic E-state index is 13.8. The van der Waals surface area contributed by atoms with Crippen LogP contribution in [0.5, 0.6) is 0 Å². The van der Waals surface area contributed by atoms with Crippen molar-refractivity contribution < 1.29 is 4.79 Å². The third-order valence-corrected chi connectivity index (χ3v) is 8.22. The number of hydrogen-bond acceptors (Lipinski definition) is 5. The Kier molecular flexibility index (Phi) is 5.69. The van der Waals surface area contributed by atoms with Crippen LogP contribution in [-0.4, -0.2) is 46.0 Å². The molecule has 3 heterocycles. The number of carbonyl (C=O) groups excluding carboxylic acids is 1. The largest absolute Gasteiger partial charge is 0.368 e. The summed E-state index contributed by atoms with van der Waals surface area (Å²) in [5.74, 6) is 0.948. The fourth-order valence-corrected chi connectivity index (χ4v) is 6.10. The number of nitrogens with zero attached hydrogens (tertiary/aromatic N) is 3. The monoisotopic (exact) mass is 454 g/mol. The molecule has 1 N–H and O–H groups in total. The molecular weight excluding hydrogens is 428 g/mol. The van der Waals surface area contributed by atoms with Crippen molar-refractivity contribution in [3.05, 3.63) is 59.2 Å². The molecule has 3 unspecified atom stereocenters. The van der Waals surface area contributed by atoms with E-state index in [0.29, 0.717) is 17.0 Å². The maximum Gasteiger partial charge on any atom is 0.249 e. The van der Waals surface area contributed by atoms with Crippen LogP contribution >= 0.6 is 23.4 Å². The number of aromatic nitrogens is 1. The normalized spacial score (nSPS) is 26.6. The zero-order valence-electron chi connectivity index (χ0n) is 17.6. The Balaban J connectivity index is 1.34. The minimum atomic E-state index is -0.350. The fraction of sp³-hybridized carbons (Fsp3) is 0.458. The van der Waals surface area contributed by atoms with Gasteiger partial charge in [0.2, 0.25) is 5.91 Å². The minimum absolute atomic E-state index is 0.0528. The second-order valence-electron chi connectivity index (χ2n) is 8.92. The van der Waals surface area contributed by atoms with Gasteiger partial charge in [0, 0.05) is 25.3 Å². The fourth-order valence-electron chi connectivity index (χ4n) is 4.85. The van der Waals surface area contributed by atoms with Crippen LogP contribution in [0.25, 0.3) is 0 Å². The average molecular weight is 455 g/mol. The second-order valence-corrected chi connectivity index (χ2v) is 10.7. The Bertz CT molecular complexity index is 977. The molecule has 7 heteroatoms. The molecule has 1 aromatic carbocycles. The summed E-state index contributed by atoms with van der Waals surface area (Å²) in [5.41, 5.74) is 1.61. The summed E-state index contributed by atoms with van der Waals surface area (Å²) >= 11 is 7.67. The summed E-state index contributed by atoms with van der Waals surface area (Å²) in [6.45, 7) is 3.52. The number of aliphatic imine (C=N–C) groups is 1. The second kappa shape index (κ2) is 8.47. The van der Waals surface area contributed by atoms with Crippen LogP contribution in [0.3, 0.4) is 0 Å². The van der Waals surface area contributed by atoms with Crippen molar-refractivity contribution in [1.29, 1.82) is 0 Å². The SMILES string of the molecule is CC1=NC(C(=O)N2CCC3(CC3)CC2CNc2ccc(Cl)cn2)C(c2ccccc2)S1. The quantitative estimate of drug-likeness (QED) is 0.675. The Morgan fingerprint density at radius 3 is 2.74 bits per heavy atom. The molecule has 5 rings (SSSR count). The first kappa shape index (κ1) is 20.8. The highest BCUT2D eigenvalue weighted by molar-refractivity contribution is 8.14. The standard InChI is InChI=1S/C24H27ClN4OS/c1-16-28-21(22(31-16)17-5-3-2-4-6-17)23(30)29-12-11-24(9-10-24)13-19(29)15-27-20-8-7-18(25)14-26-20/h2-8,14,19,21-22H,9-13,15H2,1H3,(H,26,27). The molecule has 3 atom stereocenters. The number of anilines is 1. The minimum Gasteiger partial charge on any atom is -0.368 e. The maximum atomic E-state index is 13.8. The van der Waals surface area contributed by atoms with Crippen LogP contribution in [0.4, 0.5) is 5.82 Å². The van der Waals surface area contributed by atoms with Crippen molar-refractivity contribution in [2.24, 2.45) is 10.4 Å². The Morgan fingerprint density at radius 1 is 1.23 bits per heavy atom. The van der Waals surface area contributed by atoms with E-state index in [2.05, 4.69) is 27.3 Å². The molecule has 1 aromatic heterocycles. The summed E-state index contributed by atoms with van der Waals surface area (Å²) in [5, 5.41) is 5.09. The zero-order valence-corrected chi connectivity index (χ0v) is 19.2. The number of pyridine rings is 1. The average Bonchev–Trinajstić information content (AvgIpc) is 3.42. The van der Waals surface area contributed by atoms with Crippen molar-refractivity contribution >= 4 is 40.1 Å². The van der Waals surface area contributed by atoms with Gasteiger partial charge in [-0.3, -0.25) is 9.79 Å². The van der Waals surface area contributed by atoms with Gasteiger partial charge >= 0.3 is 0 Å². The van der Waals surface area contributed by atoms with Crippen molar-refractivity contribution in [3.8, 4) is 0 Å². The number of thioether (sulfide) groups is 1. The lowest BCUT2D eigenvalue weighted by Gasteiger charge is -2.41. The first-order chi connectivity index (χ1) is 15.0. The molecule has 1 spiro atoms. The Hall–Kier alpha value is -2.05. The third-order valence-electron chi connectivity index (χ3n) is 6.77. The smallest absolute Gasteiger partial charge is 0.249 e. The van der Waals surface area contributed by atoms with Crippen LogP contribution in [0, 0.1) is 5.41 Å². The van der Waals surface area contributed by atoms with Crippen molar-refractivity contribution in [2.45, 2.75) is 49.9 Å². The Labute approximate surface area is 192 Å². The van der Waals surface area contributed by atoms with Crippen molar-refractivity contribution in [3.63, 3.8) is 0 Å². The highest BCUT2D eigenvalue weighted by atomic mass is 35.5. The summed E-state index contributed by atoms with van der Waals surface area (Å²) in [4.78, 5) is 25.0. The molecule has 162 valence electrons. The van der Waals surface area contributed by atoms with Gasteiger partial charge in [-0.15, -0.1) is 11.8 Å². The number of carbonyl (C=O) groups is 1. The number of amides is 1. The van der Waals surface area contributed by atoms with E-state index in [-0.39, 0.29) is 23.2 Å². The van der Waals surface area contributed by atoms with E-state index in [1.54, 1.807) is 18.0 Å². The van der Waals surface area contributed by atoms with Gasteiger partial charge in [-0.25, -0.2) is 4.98 Å². The predicted molar refractivity (Wildman–Crippen MR) is 128 cm³/mol. The van der Waals surface area contributed by atoms with Gasteiger partial charge in [-0.1, -0.05) is 41.9 Å². The van der Waals surface area contributed by atoms with Crippen LogP contribution in [0.15, 0.2) is 53.7 Å².